The van der Waals surface area contributed by atoms with E-state index in [0.717, 1.165) is 12.1 Å². The maximum Gasteiger partial charge on any atom is 0.262 e. The van der Waals surface area contributed by atoms with Gasteiger partial charge >= 0.3 is 0 Å². The van der Waals surface area contributed by atoms with E-state index in [1.807, 2.05) is 42.2 Å². The quantitative estimate of drug-likeness (QED) is 0.787. The third-order valence-corrected chi connectivity index (χ3v) is 5.10. The molecule has 0 saturated carbocycles. The van der Waals surface area contributed by atoms with E-state index in [-0.39, 0.29) is 37.4 Å². The van der Waals surface area contributed by atoms with Crippen LogP contribution in [0.1, 0.15) is 13.3 Å². The van der Waals surface area contributed by atoms with E-state index in [1.165, 1.54) is 4.90 Å². The fourth-order valence-corrected chi connectivity index (χ4v) is 3.66. The molecule has 8 nitrogen and oxygen atoms in total. The molecule has 0 bridgehead atoms. The lowest BCUT2D eigenvalue weighted by atomic mass is 10.1. The molecule has 1 atom stereocenters. The molecule has 0 fully saturated rings. The van der Waals surface area contributed by atoms with Gasteiger partial charge in [-0.1, -0.05) is 31.2 Å². The Morgan fingerprint density at radius 3 is 2.67 bits per heavy atom. The van der Waals surface area contributed by atoms with Crippen LogP contribution in [0, 0.1) is 0 Å². The summed E-state index contributed by atoms with van der Waals surface area (Å²) in [6, 6.07) is 14.6. The Bertz CT molecular complexity index is 977. The molecule has 4 rings (SSSR count). The second kappa shape index (κ2) is 8.44. The van der Waals surface area contributed by atoms with Crippen LogP contribution in [0.15, 0.2) is 48.5 Å². The van der Waals surface area contributed by atoms with Gasteiger partial charge in [-0.05, 0) is 30.7 Å². The first-order valence-electron chi connectivity index (χ1n) is 10.0. The van der Waals surface area contributed by atoms with Crippen LogP contribution in [0.4, 0.5) is 17.1 Å². The van der Waals surface area contributed by atoms with Crippen molar-refractivity contribution in [2.75, 3.05) is 41.3 Å². The van der Waals surface area contributed by atoms with Crippen molar-refractivity contribution in [3.05, 3.63) is 48.5 Å². The van der Waals surface area contributed by atoms with E-state index in [1.54, 1.807) is 18.2 Å². The number of amides is 3. The lowest BCUT2D eigenvalue weighted by molar-refractivity contribution is -0.128. The molecule has 2 aliphatic heterocycles. The topological polar surface area (TPSA) is 91.0 Å². The zero-order valence-corrected chi connectivity index (χ0v) is 16.8. The van der Waals surface area contributed by atoms with Gasteiger partial charge in [0.2, 0.25) is 11.8 Å². The van der Waals surface area contributed by atoms with Gasteiger partial charge in [-0.2, -0.15) is 0 Å². The van der Waals surface area contributed by atoms with Crippen molar-refractivity contribution < 1.29 is 19.1 Å². The van der Waals surface area contributed by atoms with Crippen molar-refractivity contribution >= 4 is 34.8 Å². The number of hydrogen-bond acceptors (Lipinski definition) is 5. The van der Waals surface area contributed by atoms with Gasteiger partial charge in [-0.25, -0.2) is 0 Å². The van der Waals surface area contributed by atoms with E-state index in [9.17, 15) is 14.4 Å². The Balaban J connectivity index is 1.56. The molecule has 30 heavy (non-hydrogen) atoms. The number of hydrogen-bond donors (Lipinski definition) is 2. The van der Waals surface area contributed by atoms with E-state index < -0.39 is 6.10 Å². The van der Waals surface area contributed by atoms with E-state index in [2.05, 4.69) is 10.6 Å². The number of nitrogens with zero attached hydrogens (tertiary/aromatic N) is 2. The Kier molecular flexibility index (Phi) is 5.56. The zero-order valence-electron chi connectivity index (χ0n) is 16.8. The molecule has 0 aromatic heterocycles. The summed E-state index contributed by atoms with van der Waals surface area (Å²) in [6.45, 7) is 2.79. The van der Waals surface area contributed by atoms with Gasteiger partial charge < -0.3 is 20.3 Å². The van der Waals surface area contributed by atoms with Crippen molar-refractivity contribution in [1.29, 1.82) is 0 Å². The average Bonchev–Trinajstić information content (AvgIpc) is 2.76. The lowest BCUT2D eigenvalue weighted by Gasteiger charge is -2.37. The van der Waals surface area contributed by atoms with Gasteiger partial charge in [0.1, 0.15) is 12.3 Å². The normalized spacial score (nSPS) is 17.4. The smallest absolute Gasteiger partial charge is 0.262 e. The summed E-state index contributed by atoms with van der Waals surface area (Å²) in [7, 11) is 0. The number of benzene rings is 2. The number of rotatable bonds is 5. The van der Waals surface area contributed by atoms with Gasteiger partial charge in [0, 0.05) is 6.54 Å². The second-order valence-electron chi connectivity index (χ2n) is 7.29. The van der Waals surface area contributed by atoms with Crippen LogP contribution in [0.3, 0.4) is 0 Å². The highest BCUT2D eigenvalue weighted by atomic mass is 16.5. The minimum atomic E-state index is -0.712. The first-order valence-corrected chi connectivity index (χ1v) is 10.0. The summed E-state index contributed by atoms with van der Waals surface area (Å²) in [4.78, 5) is 41.1. The van der Waals surface area contributed by atoms with E-state index in [0.29, 0.717) is 23.7 Å². The summed E-state index contributed by atoms with van der Waals surface area (Å²) >= 11 is 0. The van der Waals surface area contributed by atoms with Crippen LogP contribution in [0.25, 0.3) is 0 Å². The number of nitrogens with one attached hydrogen (secondary N) is 2. The molecular formula is C22H24N4O4. The molecule has 0 radical (unpaired) electrons. The van der Waals surface area contributed by atoms with Gasteiger partial charge in [-0.3, -0.25) is 19.3 Å². The maximum atomic E-state index is 13.2. The molecular weight excluding hydrogens is 384 g/mol. The highest BCUT2D eigenvalue weighted by molar-refractivity contribution is 6.10. The van der Waals surface area contributed by atoms with Crippen molar-refractivity contribution in [3.63, 3.8) is 0 Å². The van der Waals surface area contributed by atoms with Crippen molar-refractivity contribution in [2.24, 2.45) is 0 Å². The highest BCUT2D eigenvalue weighted by Crippen LogP contribution is 2.34. The fourth-order valence-electron chi connectivity index (χ4n) is 3.66. The molecule has 2 aromatic rings. The molecule has 2 aliphatic rings. The van der Waals surface area contributed by atoms with Crippen molar-refractivity contribution in [2.45, 2.75) is 19.4 Å². The number of carbonyl (C=O) groups is 3. The Morgan fingerprint density at radius 1 is 1.13 bits per heavy atom. The third-order valence-electron chi connectivity index (χ3n) is 5.10. The van der Waals surface area contributed by atoms with Crippen LogP contribution in [-0.2, 0) is 14.4 Å². The minimum Gasteiger partial charge on any atom is -0.477 e. The molecule has 0 aliphatic carbocycles. The summed E-state index contributed by atoms with van der Waals surface area (Å²) in [5, 5.41) is 5.64. The van der Waals surface area contributed by atoms with Crippen LogP contribution < -0.4 is 25.2 Å². The standard InChI is InChI=1S/C22H24N4O4/c1-2-11-23-22(29)19-12-25(17-9-5-6-10-18(17)30-19)14-21(28)26-13-20(27)24-15-7-3-4-8-16(15)26/h3-10,19H,2,11-14H2,1H3,(H,23,29)(H,24,27)/t19-/m1/s1. The Labute approximate surface area is 174 Å². The molecule has 0 unspecified atom stereocenters. The molecule has 0 saturated heterocycles. The Hall–Kier alpha value is -3.55. The summed E-state index contributed by atoms with van der Waals surface area (Å²) < 4.78 is 5.88. The average molecular weight is 408 g/mol. The largest absolute Gasteiger partial charge is 0.477 e. The first kappa shape index (κ1) is 19.8. The van der Waals surface area contributed by atoms with Crippen molar-refractivity contribution in [3.8, 4) is 5.75 Å². The van der Waals surface area contributed by atoms with Gasteiger partial charge in [0.05, 0.1) is 30.2 Å². The third kappa shape index (κ3) is 3.94. The minimum absolute atomic E-state index is 0.0273. The van der Waals surface area contributed by atoms with Crippen LogP contribution in [0.2, 0.25) is 0 Å². The van der Waals surface area contributed by atoms with Gasteiger partial charge in [0.25, 0.3) is 5.91 Å². The number of fused-ring (bicyclic) bond motifs is 2. The van der Waals surface area contributed by atoms with Crippen LogP contribution in [0.5, 0.6) is 5.75 Å². The fraction of sp³-hybridized carbons (Fsp3) is 0.318. The number of anilines is 3. The molecule has 3 amide bonds. The van der Waals surface area contributed by atoms with Crippen LogP contribution >= 0.6 is 0 Å². The van der Waals surface area contributed by atoms with E-state index >= 15 is 0 Å². The summed E-state index contributed by atoms with van der Waals surface area (Å²) in [6.07, 6.45) is 0.115. The maximum absolute atomic E-state index is 13.2. The first-order chi connectivity index (χ1) is 14.6. The Morgan fingerprint density at radius 2 is 1.87 bits per heavy atom. The predicted octanol–water partition coefficient (Wildman–Crippen LogP) is 1.77. The van der Waals surface area contributed by atoms with Gasteiger partial charge in [-0.15, -0.1) is 0 Å². The monoisotopic (exact) mass is 408 g/mol. The molecule has 2 heterocycles. The number of para-hydroxylation sites is 4. The van der Waals surface area contributed by atoms with Crippen molar-refractivity contribution in [1.82, 2.24) is 5.32 Å². The highest BCUT2D eigenvalue weighted by Gasteiger charge is 2.34. The molecule has 0 spiro atoms. The van der Waals surface area contributed by atoms with E-state index in [4.69, 9.17) is 4.74 Å². The summed E-state index contributed by atoms with van der Waals surface area (Å²) in [5.41, 5.74) is 2.03. The van der Waals surface area contributed by atoms with Crippen LogP contribution in [-0.4, -0.2) is 50.0 Å². The number of ether oxygens (including phenoxy) is 1. The summed E-state index contributed by atoms with van der Waals surface area (Å²) in [5.74, 6) is -0.0977. The molecule has 156 valence electrons. The molecule has 8 heteroatoms. The predicted molar refractivity (Wildman–Crippen MR) is 114 cm³/mol. The number of carbonyl (C=O) groups excluding carboxylic acids is 3. The lowest BCUT2D eigenvalue weighted by Crippen LogP contribution is -2.53. The second-order valence-corrected chi connectivity index (χ2v) is 7.29. The molecule has 2 N–H and O–H groups in total. The molecule has 2 aromatic carbocycles. The zero-order chi connectivity index (χ0) is 21.1. The SMILES string of the molecule is CCCNC(=O)[C@H]1CN(CC(=O)N2CC(=O)Nc3ccccc32)c2ccccc2O1. The van der Waals surface area contributed by atoms with Gasteiger partial charge in [0.15, 0.2) is 6.10 Å².